The minimum absolute atomic E-state index is 0.129. The number of hydrogen-bond acceptors (Lipinski definition) is 3. The first-order valence-corrected chi connectivity index (χ1v) is 7.75. The van der Waals surface area contributed by atoms with Crippen molar-refractivity contribution in [1.82, 2.24) is 14.0 Å². The van der Waals surface area contributed by atoms with E-state index in [2.05, 4.69) is 0 Å². The van der Waals surface area contributed by atoms with Gasteiger partial charge in [-0.05, 0) is 31.9 Å². The molecule has 1 fully saturated rings. The second-order valence-electron chi connectivity index (χ2n) is 5.69. The predicted octanol–water partition coefficient (Wildman–Crippen LogP) is 0.898. The van der Waals surface area contributed by atoms with Crippen molar-refractivity contribution in [3.63, 3.8) is 0 Å². The number of hydrogen-bond donors (Lipinski definition) is 1. The van der Waals surface area contributed by atoms with Crippen LogP contribution >= 0.6 is 0 Å². The summed E-state index contributed by atoms with van der Waals surface area (Å²) in [6.07, 6.45) is 1.14. The number of aliphatic carboxylic acids is 1. The zero-order valence-corrected chi connectivity index (χ0v) is 12.9. The number of carbonyl (C=O) groups is 2. The summed E-state index contributed by atoms with van der Waals surface area (Å²) in [6, 6.07) is 6.53. The number of imidazole rings is 1. The van der Waals surface area contributed by atoms with E-state index in [4.69, 9.17) is 0 Å². The van der Waals surface area contributed by atoms with Gasteiger partial charge < -0.3 is 10.0 Å². The van der Waals surface area contributed by atoms with Gasteiger partial charge in [-0.15, -0.1) is 0 Å². The van der Waals surface area contributed by atoms with Crippen LogP contribution in [-0.2, 0) is 22.7 Å². The highest BCUT2D eigenvalue weighted by Crippen LogP contribution is 2.19. The van der Waals surface area contributed by atoms with E-state index < -0.39 is 12.0 Å². The molecule has 122 valence electrons. The van der Waals surface area contributed by atoms with Gasteiger partial charge in [0, 0.05) is 13.1 Å². The number of fused-ring (bicyclic) bond motifs is 1. The van der Waals surface area contributed by atoms with Gasteiger partial charge in [0.1, 0.15) is 12.6 Å². The summed E-state index contributed by atoms with van der Waals surface area (Å²) in [7, 11) is 0. The number of nitrogens with zero attached hydrogens (tertiary/aromatic N) is 3. The van der Waals surface area contributed by atoms with Gasteiger partial charge in [-0.3, -0.25) is 13.9 Å². The lowest BCUT2D eigenvalue weighted by atomic mass is 10.2. The number of rotatable bonds is 4. The standard InChI is InChI=1S/C16H19N3O4/c1-2-17-11-6-3-4-7-12(11)19(16(17)23)10-14(20)18-9-5-8-13(18)15(21)22/h3-4,6-7,13H,2,5,8-10H2,1H3,(H,21,22)/t13-/m0/s1. The molecule has 0 bridgehead atoms. The molecule has 0 aliphatic carbocycles. The highest BCUT2D eigenvalue weighted by atomic mass is 16.4. The largest absolute Gasteiger partial charge is 0.480 e. The van der Waals surface area contributed by atoms with Crippen molar-refractivity contribution in [1.29, 1.82) is 0 Å². The third-order valence-electron chi connectivity index (χ3n) is 4.39. The predicted molar refractivity (Wildman–Crippen MR) is 84.2 cm³/mol. The molecule has 1 N–H and O–H groups in total. The van der Waals surface area contributed by atoms with Crippen LogP contribution in [0.1, 0.15) is 19.8 Å². The molecule has 1 saturated heterocycles. The van der Waals surface area contributed by atoms with Crippen molar-refractivity contribution in [2.75, 3.05) is 6.54 Å². The maximum Gasteiger partial charge on any atom is 0.329 e. The fraction of sp³-hybridized carbons (Fsp3) is 0.438. The third-order valence-corrected chi connectivity index (χ3v) is 4.39. The van der Waals surface area contributed by atoms with E-state index in [-0.39, 0.29) is 18.1 Å². The maximum absolute atomic E-state index is 12.5. The molecule has 2 heterocycles. The molecule has 0 unspecified atom stereocenters. The van der Waals surface area contributed by atoms with Crippen LogP contribution < -0.4 is 5.69 Å². The van der Waals surface area contributed by atoms with E-state index in [0.717, 1.165) is 5.52 Å². The zero-order valence-electron chi connectivity index (χ0n) is 12.9. The summed E-state index contributed by atoms with van der Waals surface area (Å²) in [5.41, 5.74) is 1.23. The molecule has 0 radical (unpaired) electrons. The molecule has 7 nitrogen and oxygen atoms in total. The fourth-order valence-corrected chi connectivity index (χ4v) is 3.28. The second kappa shape index (κ2) is 5.91. The summed E-state index contributed by atoms with van der Waals surface area (Å²) in [4.78, 5) is 37.6. The lowest BCUT2D eigenvalue weighted by Crippen LogP contribution is -2.43. The molecule has 7 heteroatoms. The van der Waals surface area contributed by atoms with Gasteiger partial charge in [-0.2, -0.15) is 0 Å². The minimum Gasteiger partial charge on any atom is -0.480 e. The molecule has 23 heavy (non-hydrogen) atoms. The lowest BCUT2D eigenvalue weighted by Gasteiger charge is -2.21. The Labute approximate surface area is 132 Å². The van der Waals surface area contributed by atoms with Crippen molar-refractivity contribution in [2.24, 2.45) is 0 Å². The van der Waals surface area contributed by atoms with Gasteiger partial charge in [0.05, 0.1) is 11.0 Å². The van der Waals surface area contributed by atoms with E-state index in [0.29, 0.717) is 31.4 Å². The molecule has 1 aliphatic heterocycles. The highest BCUT2D eigenvalue weighted by molar-refractivity contribution is 5.85. The third kappa shape index (κ3) is 2.52. The number of amides is 1. The van der Waals surface area contributed by atoms with E-state index in [1.54, 1.807) is 10.6 Å². The number of carbonyl (C=O) groups excluding carboxylic acids is 1. The van der Waals surface area contributed by atoms with Crippen LogP contribution in [0.15, 0.2) is 29.1 Å². The van der Waals surface area contributed by atoms with Crippen molar-refractivity contribution in [3.8, 4) is 0 Å². The average molecular weight is 317 g/mol. The second-order valence-corrected chi connectivity index (χ2v) is 5.69. The highest BCUT2D eigenvalue weighted by Gasteiger charge is 2.34. The van der Waals surface area contributed by atoms with E-state index in [1.165, 1.54) is 9.47 Å². The quantitative estimate of drug-likeness (QED) is 0.908. The summed E-state index contributed by atoms with van der Waals surface area (Å²) >= 11 is 0. The number of para-hydroxylation sites is 2. The maximum atomic E-state index is 12.5. The summed E-state index contributed by atoms with van der Waals surface area (Å²) in [5, 5.41) is 9.20. The molecule has 1 atom stereocenters. The first-order valence-electron chi connectivity index (χ1n) is 7.75. The Kier molecular flexibility index (Phi) is 3.94. The van der Waals surface area contributed by atoms with Crippen LogP contribution in [0.25, 0.3) is 11.0 Å². The molecule has 3 rings (SSSR count). The Hall–Kier alpha value is -2.57. The monoisotopic (exact) mass is 317 g/mol. The van der Waals surface area contributed by atoms with Crippen molar-refractivity contribution >= 4 is 22.9 Å². The molecule has 1 amide bonds. The van der Waals surface area contributed by atoms with Crippen LogP contribution in [0, 0.1) is 0 Å². The number of aromatic nitrogens is 2. The smallest absolute Gasteiger partial charge is 0.329 e. The van der Waals surface area contributed by atoms with Crippen LogP contribution in [-0.4, -0.2) is 43.6 Å². The Morgan fingerprint density at radius 3 is 2.48 bits per heavy atom. The molecule has 2 aromatic rings. The summed E-state index contributed by atoms with van der Waals surface area (Å²) in [6.45, 7) is 2.69. The number of carboxylic acids is 1. The Morgan fingerprint density at radius 1 is 1.22 bits per heavy atom. The Bertz CT molecular complexity index is 820. The van der Waals surface area contributed by atoms with Gasteiger partial charge >= 0.3 is 11.7 Å². The van der Waals surface area contributed by atoms with Crippen LogP contribution in [0.5, 0.6) is 0 Å². The Morgan fingerprint density at radius 2 is 1.87 bits per heavy atom. The van der Waals surface area contributed by atoms with Gasteiger partial charge in [0.15, 0.2) is 0 Å². The minimum atomic E-state index is -0.987. The topological polar surface area (TPSA) is 84.5 Å². The zero-order chi connectivity index (χ0) is 16.6. The van der Waals surface area contributed by atoms with Crippen molar-refractivity contribution in [3.05, 3.63) is 34.7 Å². The average Bonchev–Trinajstić information content (AvgIpc) is 3.12. The van der Waals surface area contributed by atoms with E-state index >= 15 is 0 Å². The molecule has 0 spiro atoms. The van der Waals surface area contributed by atoms with Gasteiger partial charge in [0.25, 0.3) is 0 Å². The molecule has 1 aliphatic rings. The number of benzene rings is 1. The molecular weight excluding hydrogens is 298 g/mol. The lowest BCUT2D eigenvalue weighted by molar-refractivity contribution is -0.148. The van der Waals surface area contributed by atoms with Gasteiger partial charge in [-0.25, -0.2) is 9.59 Å². The molecule has 1 aromatic heterocycles. The van der Waals surface area contributed by atoms with Gasteiger partial charge in [0.2, 0.25) is 5.91 Å². The van der Waals surface area contributed by atoms with Crippen LogP contribution in [0.2, 0.25) is 0 Å². The van der Waals surface area contributed by atoms with Crippen molar-refractivity contribution in [2.45, 2.75) is 38.9 Å². The molecular formula is C16H19N3O4. The summed E-state index contributed by atoms with van der Waals surface area (Å²) in [5.74, 6) is -1.31. The fourth-order valence-electron chi connectivity index (χ4n) is 3.28. The first-order chi connectivity index (χ1) is 11.0. The van der Waals surface area contributed by atoms with Crippen LogP contribution in [0.3, 0.4) is 0 Å². The van der Waals surface area contributed by atoms with E-state index in [9.17, 15) is 19.5 Å². The summed E-state index contributed by atoms with van der Waals surface area (Å²) < 4.78 is 3.04. The van der Waals surface area contributed by atoms with Crippen LogP contribution in [0.4, 0.5) is 0 Å². The van der Waals surface area contributed by atoms with E-state index in [1.807, 2.05) is 25.1 Å². The SMILES string of the molecule is CCn1c(=O)n(CC(=O)N2CCC[C@H]2C(=O)O)c2ccccc21. The number of likely N-dealkylation sites (tertiary alicyclic amines) is 1. The molecule has 0 saturated carbocycles. The van der Waals surface area contributed by atoms with Crippen molar-refractivity contribution < 1.29 is 14.7 Å². The first kappa shape index (κ1) is 15.3. The number of carboxylic acid groups (broad SMARTS) is 1. The van der Waals surface area contributed by atoms with Gasteiger partial charge in [-0.1, -0.05) is 12.1 Å². The molecule has 1 aromatic carbocycles. The normalized spacial score (nSPS) is 17.8. The Balaban J connectivity index is 1.96. The number of aryl methyl sites for hydroxylation is 1.